The maximum Gasteiger partial charge on any atom is 0.228 e. The molecule has 4 heterocycles. The van der Waals surface area contributed by atoms with Gasteiger partial charge in [-0.15, -0.1) is 0 Å². The van der Waals surface area contributed by atoms with Crippen LogP contribution < -0.4 is 0 Å². The van der Waals surface area contributed by atoms with E-state index in [2.05, 4.69) is 44.2 Å². The average Bonchev–Trinajstić information content (AvgIpc) is 3.58. The highest BCUT2D eigenvalue weighted by Crippen LogP contribution is 2.35. The van der Waals surface area contributed by atoms with Crippen LogP contribution in [-0.2, 0) is 0 Å². The van der Waals surface area contributed by atoms with Gasteiger partial charge in [-0.3, -0.25) is 9.97 Å². The molecule has 0 radical (unpaired) electrons. The number of benzene rings is 3. The highest BCUT2D eigenvalue weighted by molar-refractivity contribution is 5.86. The first-order valence-corrected chi connectivity index (χ1v) is 11.5. The first kappa shape index (κ1) is 20.3. The van der Waals surface area contributed by atoms with Crippen LogP contribution in [0.15, 0.2) is 119 Å². The van der Waals surface area contributed by atoms with Crippen molar-refractivity contribution in [3.8, 4) is 45.2 Å². The lowest BCUT2D eigenvalue weighted by Crippen LogP contribution is -1.89. The zero-order valence-electron chi connectivity index (χ0n) is 19.0. The van der Waals surface area contributed by atoms with Crippen LogP contribution in [0, 0.1) is 0 Å². The Balaban J connectivity index is 1.30. The standard InChI is InChI=1S/C30H18N4O2/c1-2-8-24(20-14-22(18-32-16-20)30-34-26-10-4-6-12-28(26)36-30)23(7-1)19-13-21(17-31-15-19)29-33-25-9-3-5-11-27(25)35-29/h1-18H. The van der Waals surface area contributed by atoms with Crippen LogP contribution in [0.25, 0.3) is 67.4 Å². The second kappa shape index (κ2) is 8.29. The highest BCUT2D eigenvalue weighted by Gasteiger charge is 2.14. The first-order chi connectivity index (χ1) is 17.8. The van der Waals surface area contributed by atoms with Gasteiger partial charge in [0.25, 0.3) is 0 Å². The van der Waals surface area contributed by atoms with Crippen molar-refractivity contribution in [2.45, 2.75) is 0 Å². The summed E-state index contributed by atoms with van der Waals surface area (Å²) < 4.78 is 11.9. The van der Waals surface area contributed by atoms with E-state index in [-0.39, 0.29) is 0 Å². The molecule has 7 aromatic rings. The molecule has 6 heteroatoms. The molecule has 0 aliphatic carbocycles. The van der Waals surface area contributed by atoms with E-state index in [0.29, 0.717) is 11.8 Å². The molecular weight excluding hydrogens is 448 g/mol. The van der Waals surface area contributed by atoms with Gasteiger partial charge in [0.15, 0.2) is 11.2 Å². The van der Waals surface area contributed by atoms with Gasteiger partial charge in [0, 0.05) is 35.9 Å². The molecule has 3 aromatic carbocycles. The van der Waals surface area contributed by atoms with E-state index < -0.39 is 0 Å². The van der Waals surface area contributed by atoms with Crippen LogP contribution in [0.5, 0.6) is 0 Å². The third kappa shape index (κ3) is 3.52. The molecule has 0 spiro atoms. The number of rotatable bonds is 4. The Morgan fingerprint density at radius 3 is 1.33 bits per heavy atom. The van der Waals surface area contributed by atoms with Gasteiger partial charge < -0.3 is 8.83 Å². The predicted octanol–water partition coefficient (Wildman–Crippen LogP) is 7.43. The van der Waals surface area contributed by atoms with Gasteiger partial charge in [-0.1, -0.05) is 48.5 Å². The maximum atomic E-state index is 5.97. The van der Waals surface area contributed by atoms with Crippen molar-refractivity contribution in [1.82, 2.24) is 19.9 Å². The molecule has 7 rings (SSSR count). The summed E-state index contributed by atoms with van der Waals surface area (Å²) in [5.74, 6) is 1.09. The fraction of sp³-hybridized carbons (Fsp3) is 0. The lowest BCUT2D eigenvalue weighted by Gasteiger charge is -2.11. The number of aromatic nitrogens is 4. The zero-order valence-corrected chi connectivity index (χ0v) is 19.0. The summed E-state index contributed by atoms with van der Waals surface area (Å²) >= 11 is 0. The van der Waals surface area contributed by atoms with E-state index in [4.69, 9.17) is 8.83 Å². The number of oxazole rings is 2. The van der Waals surface area contributed by atoms with E-state index in [9.17, 15) is 0 Å². The smallest absolute Gasteiger partial charge is 0.228 e. The quantitative estimate of drug-likeness (QED) is 0.268. The molecule has 0 saturated carbocycles. The fourth-order valence-corrected chi connectivity index (χ4v) is 4.39. The van der Waals surface area contributed by atoms with Gasteiger partial charge in [-0.25, -0.2) is 9.97 Å². The third-order valence-corrected chi connectivity index (χ3v) is 6.11. The lowest BCUT2D eigenvalue weighted by atomic mass is 9.95. The normalized spacial score (nSPS) is 11.3. The number of hydrogen-bond donors (Lipinski definition) is 0. The molecule has 170 valence electrons. The highest BCUT2D eigenvalue weighted by atomic mass is 16.4. The first-order valence-electron chi connectivity index (χ1n) is 11.5. The number of hydrogen-bond acceptors (Lipinski definition) is 6. The zero-order chi connectivity index (χ0) is 23.9. The minimum atomic E-state index is 0.544. The Kier molecular flexibility index (Phi) is 4.67. The van der Waals surface area contributed by atoms with Crippen molar-refractivity contribution in [2.75, 3.05) is 0 Å². The minimum absolute atomic E-state index is 0.544. The summed E-state index contributed by atoms with van der Waals surface area (Å²) in [5.41, 5.74) is 8.74. The monoisotopic (exact) mass is 466 g/mol. The Hall–Kier alpha value is -5.10. The molecular formula is C30H18N4O2. The summed E-state index contributed by atoms with van der Waals surface area (Å²) in [4.78, 5) is 18.2. The van der Waals surface area contributed by atoms with Crippen LogP contribution >= 0.6 is 0 Å². The molecule has 0 unspecified atom stereocenters. The molecule has 0 aliphatic rings. The maximum absolute atomic E-state index is 5.97. The summed E-state index contributed by atoms with van der Waals surface area (Å²) in [6.45, 7) is 0. The number of nitrogens with zero attached hydrogens (tertiary/aromatic N) is 4. The van der Waals surface area contributed by atoms with Crippen LogP contribution in [0.3, 0.4) is 0 Å². The largest absolute Gasteiger partial charge is 0.436 e. The van der Waals surface area contributed by atoms with Gasteiger partial charge in [-0.05, 0) is 47.5 Å². The Labute approximate surface area is 205 Å². The van der Waals surface area contributed by atoms with Gasteiger partial charge in [0.2, 0.25) is 11.8 Å². The van der Waals surface area contributed by atoms with E-state index in [0.717, 1.165) is 55.6 Å². The topological polar surface area (TPSA) is 77.8 Å². The van der Waals surface area contributed by atoms with Crippen LogP contribution in [0.4, 0.5) is 0 Å². The molecule has 0 N–H and O–H groups in total. The second-order valence-corrected chi connectivity index (χ2v) is 8.44. The number of pyridine rings is 2. The SMILES string of the molecule is c1ccc(-c2cncc(-c3nc4ccccc4o3)c2)c(-c2cncc(-c3nc4ccccc4o3)c2)c1. The van der Waals surface area contributed by atoms with Crippen molar-refractivity contribution >= 4 is 22.2 Å². The van der Waals surface area contributed by atoms with Gasteiger partial charge in [0.1, 0.15) is 11.0 Å². The fourth-order valence-electron chi connectivity index (χ4n) is 4.39. The Morgan fingerprint density at radius 1 is 0.444 bits per heavy atom. The van der Waals surface area contributed by atoms with Gasteiger partial charge in [0.05, 0.1) is 11.1 Å². The average molecular weight is 467 g/mol. The van der Waals surface area contributed by atoms with Crippen molar-refractivity contribution in [2.24, 2.45) is 0 Å². The molecule has 0 fully saturated rings. The van der Waals surface area contributed by atoms with E-state index in [1.54, 1.807) is 12.4 Å². The molecule has 0 amide bonds. The number of fused-ring (bicyclic) bond motifs is 2. The van der Waals surface area contributed by atoms with Crippen molar-refractivity contribution in [3.63, 3.8) is 0 Å². The molecule has 0 atom stereocenters. The van der Waals surface area contributed by atoms with Crippen molar-refractivity contribution < 1.29 is 8.83 Å². The van der Waals surface area contributed by atoms with E-state index >= 15 is 0 Å². The Bertz CT molecular complexity index is 1670. The summed E-state index contributed by atoms with van der Waals surface area (Å²) in [6, 6.07) is 27.8. The van der Waals surface area contributed by atoms with Crippen LogP contribution in [-0.4, -0.2) is 19.9 Å². The summed E-state index contributed by atoms with van der Waals surface area (Å²) in [5, 5.41) is 0. The summed E-state index contributed by atoms with van der Waals surface area (Å²) in [7, 11) is 0. The minimum Gasteiger partial charge on any atom is -0.436 e. The van der Waals surface area contributed by atoms with Crippen molar-refractivity contribution in [1.29, 1.82) is 0 Å². The van der Waals surface area contributed by atoms with Crippen molar-refractivity contribution in [3.05, 3.63) is 110 Å². The molecule has 4 aromatic heterocycles. The molecule has 0 saturated heterocycles. The molecule has 36 heavy (non-hydrogen) atoms. The number of para-hydroxylation sites is 4. The van der Waals surface area contributed by atoms with Gasteiger partial charge >= 0.3 is 0 Å². The Morgan fingerprint density at radius 2 is 0.861 bits per heavy atom. The van der Waals surface area contributed by atoms with Crippen LogP contribution in [0.2, 0.25) is 0 Å². The van der Waals surface area contributed by atoms with E-state index in [1.165, 1.54) is 0 Å². The molecule has 0 aliphatic heterocycles. The lowest BCUT2D eigenvalue weighted by molar-refractivity contribution is 0.619. The third-order valence-electron chi connectivity index (χ3n) is 6.11. The second-order valence-electron chi connectivity index (χ2n) is 8.44. The van der Waals surface area contributed by atoms with Crippen LogP contribution in [0.1, 0.15) is 0 Å². The molecule has 0 bridgehead atoms. The van der Waals surface area contributed by atoms with E-state index in [1.807, 2.05) is 73.1 Å². The molecule has 6 nitrogen and oxygen atoms in total. The predicted molar refractivity (Wildman–Crippen MR) is 139 cm³/mol. The summed E-state index contributed by atoms with van der Waals surface area (Å²) in [6.07, 6.45) is 7.24. The van der Waals surface area contributed by atoms with Gasteiger partial charge in [-0.2, -0.15) is 0 Å².